The van der Waals surface area contributed by atoms with Crippen LogP contribution in [0.2, 0.25) is 0 Å². The third-order valence-electron chi connectivity index (χ3n) is 2.03. The Morgan fingerprint density at radius 3 is 2.87 bits per heavy atom. The molecule has 0 aromatic carbocycles. The molecule has 0 atom stereocenters. The van der Waals surface area contributed by atoms with E-state index in [2.05, 4.69) is 16.9 Å². The Labute approximate surface area is 93.8 Å². The number of rotatable bonds is 3. The zero-order valence-electron chi connectivity index (χ0n) is 8.55. The largest absolute Gasteiger partial charge is 0.264 e. The molecular weight excluding hydrogens is 204 g/mol. The third kappa shape index (κ3) is 2.36. The van der Waals surface area contributed by atoms with Crippen LogP contribution in [0, 0.1) is 0 Å². The second-order valence-electron chi connectivity index (χ2n) is 3.02. The van der Waals surface area contributed by atoms with Crippen LogP contribution in [0.5, 0.6) is 0 Å². The van der Waals surface area contributed by atoms with Crippen LogP contribution in [0.15, 0.2) is 47.8 Å². The van der Waals surface area contributed by atoms with E-state index >= 15 is 0 Å². The van der Waals surface area contributed by atoms with Crippen LogP contribution in [-0.4, -0.2) is 15.7 Å². The van der Waals surface area contributed by atoms with Crippen molar-refractivity contribution in [3.05, 3.63) is 42.9 Å². The summed E-state index contributed by atoms with van der Waals surface area (Å²) in [6.45, 7) is 2.14. The second kappa shape index (κ2) is 4.94. The van der Waals surface area contributed by atoms with E-state index in [0.29, 0.717) is 0 Å². The number of pyridine rings is 2. The fraction of sp³-hybridized carbons (Fsp3) is 0.167. The van der Waals surface area contributed by atoms with Crippen LogP contribution < -0.4 is 0 Å². The highest BCUT2D eigenvalue weighted by Crippen LogP contribution is 2.28. The van der Waals surface area contributed by atoms with Crippen LogP contribution in [0.4, 0.5) is 0 Å². The molecule has 2 aromatic heterocycles. The van der Waals surface area contributed by atoms with Gasteiger partial charge in [-0.2, -0.15) is 0 Å². The van der Waals surface area contributed by atoms with Crippen molar-refractivity contribution in [2.75, 3.05) is 5.75 Å². The lowest BCUT2D eigenvalue weighted by molar-refractivity contribution is 1.21. The molecule has 2 rings (SSSR count). The summed E-state index contributed by atoms with van der Waals surface area (Å²) in [6, 6.07) is 7.97. The minimum atomic E-state index is 1.01. The van der Waals surface area contributed by atoms with Gasteiger partial charge < -0.3 is 0 Å². The average Bonchev–Trinajstić information content (AvgIpc) is 2.31. The molecule has 0 fully saturated rings. The fourth-order valence-corrected chi connectivity index (χ4v) is 2.16. The maximum atomic E-state index is 4.35. The van der Waals surface area contributed by atoms with Crippen molar-refractivity contribution in [2.45, 2.75) is 11.8 Å². The molecule has 0 bridgehead atoms. The zero-order chi connectivity index (χ0) is 10.5. The van der Waals surface area contributed by atoms with E-state index in [-0.39, 0.29) is 0 Å². The fourth-order valence-electron chi connectivity index (χ4n) is 1.38. The Morgan fingerprint density at radius 1 is 1.20 bits per heavy atom. The summed E-state index contributed by atoms with van der Waals surface area (Å²) in [6.07, 6.45) is 5.53. The molecule has 0 aliphatic carbocycles. The lowest BCUT2D eigenvalue weighted by atomic mass is 10.2. The molecule has 0 amide bonds. The van der Waals surface area contributed by atoms with Crippen molar-refractivity contribution in [1.29, 1.82) is 0 Å². The van der Waals surface area contributed by atoms with Crippen molar-refractivity contribution in [3.63, 3.8) is 0 Å². The third-order valence-corrected chi connectivity index (χ3v) is 2.95. The minimum Gasteiger partial charge on any atom is -0.264 e. The molecule has 0 saturated heterocycles. The summed E-state index contributed by atoms with van der Waals surface area (Å²) in [5, 5.41) is 0. The highest BCUT2D eigenvalue weighted by Gasteiger charge is 2.04. The quantitative estimate of drug-likeness (QED) is 0.736. The van der Waals surface area contributed by atoms with Crippen molar-refractivity contribution >= 4 is 11.8 Å². The van der Waals surface area contributed by atoms with E-state index in [4.69, 9.17) is 0 Å². The monoisotopic (exact) mass is 216 g/mol. The zero-order valence-corrected chi connectivity index (χ0v) is 9.37. The lowest BCUT2D eigenvalue weighted by Gasteiger charge is -2.06. The number of aromatic nitrogens is 2. The van der Waals surface area contributed by atoms with E-state index in [0.717, 1.165) is 17.0 Å². The Balaban J connectivity index is 2.43. The van der Waals surface area contributed by atoms with E-state index in [1.165, 1.54) is 4.90 Å². The number of thioether (sulfide) groups is 1. The molecule has 3 heteroatoms. The molecule has 2 heterocycles. The van der Waals surface area contributed by atoms with Crippen LogP contribution in [0.25, 0.3) is 11.3 Å². The first-order valence-electron chi connectivity index (χ1n) is 4.90. The predicted molar refractivity (Wildman–Crippen MR) is 63.9 cm³/mol. The predicted octanol–water partition coefficient (Wildman–Crippen LogP) is 3.26. The summed E-state index contributed by atoms with van der Waals surface area (Å²) < 4.78 is 0. The van der Waals surface area contributed by atoms with Gasteiger partial charge in [0.15, 0.2) is 0 Å². The van der Waals surface area contributed by atoms with Gasteiger partial charge in [0.05, 0.1) is 5.69 Å². The Hall–Kier alpha value is -1.35. The molecule has 15 heavy (non-hydrogen) atoms. The van der Waals surface area contributed by atoms with E-state index in [9.17, 15) is 0 Å². The summed E-state index contributed by atoms with van der Waals surface area (Å²) in [4.78, 5) is 9.68. The van der Waals surface area contributed by atoms with Crippen LogP contribution >= 0.6 is 11.8 Å². The molecule has 2 aromatic rings. The molecule has 0 N–H and O–H groups in total. The van der Waals surface area contributed by atoms with Crippen molar-refractivity contribution in [1.82, 2.24) is 9.97 Å². The highest BCUT2D eigenvalue weighted by atomic mass is 32.2. The van der Waals surface area contributed by atoms with Gasteiger partial charge in [-0.3, -0.25) is 9.97 Å². The normalized spacial score (nSPS) is 10.2. The number of nitrogens with zero attached hydrogens (tertiary/aromatic N) is 2. The van der Waals surface area contributed by atoms with Gasteiger partial charge in [-0.05, 0) is 24.0 Å². The van der Waals surface area contributed by atoms with Crippen molar-refractivity contribution in [3.8, 4) is 11.3 Å². The van der Waals surface area contributed by atoms with Gasteiger partial charge in [0.1, 0.15) is 0 Å². The summed E-state index contributed by atoms with van der Waals surface area (Å²) >= 11 is 1.79. The molecular formula is C12H12N2S. The summed E-state index contributed by atoms with van der Waals surface area (Å²) in [7, 11) is 0. The van der Waals surface area contributed by atoms with Gasteiger partial charge in [-0.1, -0.05) is 13.0 Å². The topological polar surface area (TPSA) is 25.8 Å². The molecule has 2 nitrogen and oxygen atoms in total. The van der Waals surface area contributed by atoms with Gasteiger partial charge in [0, 0.05) is 29.0 Å². The smallest absolute Gasteiger partial charge is 0.0714 e. The van der Waals surface area contributed by atoms with Crippen LogP contribution in [0.3, 0.4) is 0 Å². The molecule has 0 aliphatic heterocycles. The summed E-state index contributed by atoms with van der Waals surface area (Å²) in [5.74, 6) is 1.05. The minimum absolute atomic E-state index is 1.01. The molecule has 0 saturated carbocycles. The Bertz CT molecular complexity index is 429. The maximum Gasteiger partial charge on any atom is 0.0714 e. The first-order chi connectivity index (χ1) is 7.42. The average molecular weight is 216 g/mol. The van der Waals surface area contributed by atoms with Gasteiger partial charge in [0.25, 0.3) is 0 Å². The van der Waals surface area contributed by atoms with Crippen LogP contribution in [0.1, 0.15) is 6.92 Å². The van der Waals surface area contributed by atoms with Gasteiger partial charge in [-0.15, -0.1) is 11.8 Å². The summed E-state index contributed by atoms with van der Waals surface area (Å²) in [5.41, 5.74) is 2.17. The van der Waals surface area contributed by atoms with Gasteiger partial charge in [-0.25, -0.2) is 0 Å². The maximum absolute atomic E-state index is 4.35. The molecule has 0 unspecified atom stereocenters. The SMILES string of the molecule is CCSc1cnccc1-c1ccccn1. The second-order valence-corrected chi connectivity index (χ2v) is 4.33. The Morgan fingerprint density at radius 2 is 2.13 bits per heavy atom. The molecule has 0 spiro atoms. The Kier molecular flexibility index (Phi) is 3.35. The van der Waals surface area contributed by atoms with E-state index in [1.807, 2.05) is 42.9 Å². The molecule has 0 radical (unpaired) electrons. The highest BCUT2D eigenvalue weighted by molar-refractivity contribution is 7.99. The van der Waals surface area contributed by atoms with E-state index < -0.39 is 0 Å². The first kappa shape index (κ1) is 10.2. The van der Waals surface area contributed by atoms with Gasteiger partial charge >= 0.3 is 0 Å². The number of hydrogen-bond donors (Lipinski definition) is 0. The lowest BCUT2D eigenvalue weighted by Crippen LogP contribution is -1.86. The molecule has 0 aliphatic rings. The molecule has 76 valence electrons. The first-order valence-corrected chi connectivity index (χ1v) is 5.88. The van der Waals surface area contributed by atoms with Crippen molar-refractivity contribution < 1.29 is 0 Å². The standard InChI is InChI=1S/C12H12N2S/c1-2-15-12-9-13-8-6-10(12)11-5-3-4-7-14-11/h3-9H,2H2,1H3. The van der Waals surface area contributed by atoms with Crippen molar-refractivity contribution in [2.24, 2.45) is 0 Å². The van der Waals surface area contributed by atoms with Crippen LogP contribution in [-0.2, 0) is 0 Å². The van der Waals surface area contributed by atoms with Gasteiger partial charge in [0.2, 0.25) is 0 Å². The number of hydrogen-bond acceptors (Lipinski definition) is 3. The van der Waals surface area contributed by atoms with E-state index in [1.54, 1.807) is 11.8 Å².